The summed E-state index contributed by atoms with van der Waals surface area (Å²) < 4.78 is 5.32. The molecule has 0 aromatic carbocycles. The van der Waals surface area contributed by atoms with Gasteiger partial charge in [-0.2, -0.15) is 0 Å². The lowest BCUT2D eigenvalue weighted by Crippen LogP contribution is -2.36. The molecule has 3 heterocycles. The van der Waals surface area contributed by atoms with Crippen LogP contribution in [-0.4, -0.2) is 58.5 Å². The van der Waals surface area contributed by atoms with Crippen molar-refractivity contribution in [3.63, 3.8) is 0 Å². The Hall–Kier alpha value is -2.15. The maximum absolute atomic E-state index is 12.6. The zero-order valence-corrected chi connectivity index (χ0v) is 14.9. The summed E-state index contributed by atoms with van der Waals surface area (Å²) in [6, 6.07) is 2.11. The van der Waals surface area contributed by atoms with Gasteiger partial charge in [0.1, 0.15) is 11.6 Å². The largest absolute Gasteiger partial charge is 0.501 e. The first kappa shape index (κ1) is 17.7. The van der Waals surface area contributed by atoms with Crippen LogP contribution in [0.1, 0.15) is 37.9 Å². The normalized spacial score (nSPS) is 21.4. The molecule has 2 aliphatic rings. The quantitative estimate of drug-likeness (QED) is 0.891. The number of anilines is 1. The van der Waals surface area contributed by atoms with E-state index in [0.717, 1.165) is 63.2 Å². The van der Waals surface area contributed by atoms with Crippen molar-refractivity contribution in [1.29, 1.82) is 0 Å². The fourth-order valence-corrected chi connectivity index (χ4v) is 3.49. The van der Waals surface area contributed by atoms with Gasteiger partial charge in [-0.05, 0) is 45.2 Å². The summed E-state index contributed by atoms with van der Waals surface area (Å²) in [5.74, 6) is 1.38. The highest BCUT2D eigenvalue weighted by Crippen LogP contribution is 2.21. The Kier molecular flexibility index (Phi) is 5.86. The Labute approximate surface area is 148 Å². The van der Waals surface area contributed by atoms with E-state index >= 15 is 0 Å². The van der Waals surface area contributed by atoms with E-state index in [-0.39, 0.29) is 5.91 Å². The van der Waals surface area contributed by atoms with Crippen LogP contribution in [0.3, 0.4) is 0 Å². The third-order valence-corrected chi connectivity index (χ3v) is 4.93. The van der Waals surface area contributed by atoms with Crippen LogP contribution in [0.2, 0.25) is 0 Å². The Balaban J connectivity index is 1.55. The van der Waals surface area contributed by atoms with Crippen molar-refractivity contribution in [1.82, 2.24) is 19.8 Å². The molecule has 7 heteroatoms. The standard InChI is InChI=1S/C18H27N5O2/c1-22(12-17-20-8-6-16(19)21-17)15-5-2-9-23(10-7-15)18(24)14-4-3-11-25-13-14/h6,8,13,15H,2-5,7,9-12H2,1H3,(H2,19,20,21). The van der Waals surface area contributed by atoms with Gasteiger partial charge in [-0.25, -0.2) is 9.97 Å². The highest BCUT2D eigenvalue weighted by Gasteiger charge is 2.26. The summed E-state index contributed by atoms with van der Waals surface area (Å²) in [4.78, 5) is 25.4. The zero-order chi connectivity index (χ0) is 17.6. The minimum Gasteiger partial charge on any atom is -0.501 e. The van der Waals surface area contributed by atoms with E-state index in [1.165, 1.54) is 0 Å². The number of aromatic nitrogens is 2. The summed E-state index contributed by atoms with van der Waals surface area (Å²) in [6.07, 6.45) is 8.13. The maximum atomic E-state index is 12.6. The molecule has 7 nitrogen and oxygen atoms in total. The number of hydrogen-bond donors (Lipinski definition) is 1. The number of nitrogens with two attached hydrogens (primary N) is 1. The van der Waals surface area contributed by atoms with Crippen molar-refractivity contribution >= 4 is 11.7 Å². The number of nitrogens with zero attached hydrogens (tertiary/aromatic N) is 4. The third kappa shape index (κ3) is 4.69. The molecule has 0 spiro atoms. The van der Waals surface area contributed by atoms with Crippen LogP contribution < -0.4 is 5.73 Å². The van der Waals surface area contributed by atoms with Crippen LogP contribution >= 0.6 is 0 Å². The summed E-state index contributed by atoms with van der Waals surface area (Å²) in [5.41, 5.74) is 6.54. The number of hydrogen-bond acceptors (Lipinski definition) is 6. The second kappa shape index (κ2) is 8.29. The van der Waals surface area contributed by atoms with Gasteiger partial charge in [-0.3, -0.25) is 9.69 Å². The van der Waals surface area contributed by atoms with E-state index in [9.17, 15) is 4.79 Å². The fourth-order valence-electron chi connectivity index (χ4n) is 3.49. The van der Waals surface area contributed by atoms with E-state index in [1.54, 1.807) is 18.5 Å². The first-order valence-corrected chi connectivity index (χ1v) is 9.01. The van der Waals surface area contributed by atoms with Gasteiger partial charge in [-0.1, -0.05) is 0 Å². The van der Waals surface area contributed by atoms with Crippen molar-refractivity contribution in [3.8, 4) is 0 Å². The molecule has 3 rings (SSSR count). The molecule has 1 unspecified atom stereocenters. The summed E-state index contributed by atoms with van der Waals surface area (Å²) in [6.45, 7) is 2.98. The Morgan fingerprint density at radius 3 is 3.04 bits per heavy atom. The molecule has 1 atom stereocenters. The van der Waals surface area contributed by atoms with Gasteiger partial charge in [0.2, 0.25) is 0 Å². The second-order valence-corrected chi connectivity index (χ2v) is 6.81. The number of ether oxygens (including phenoxy) is 1. The van der Waals surface area contributed by atoms with E-state index < -0.39 is 0 Å². The van der Waals surface area contributed by atoms with Crippen LogP contribution in [0.15, 0.2) is 24.1 Å². The van der Waals surface area contributed by atoms with Crippen molar-refractivity contribution in [3.05, 3.63) is 29.9 Å². The van der Waals surface area contributed by atoms with E-state index in [4.69, 9.17) is 10.5 Å². The molecule has 0 radical (unpaired) electrons. The van der Waals surface area contributed by atoms with Crippen LogP contribution in [0, 0.1) is 0 Å². The number of rotatable bonds is 4. The summed E-state index contributed by atoms with van der Waals surface area (Å²) in [5, 5.41) is 0. The molecule has 1 aromatic rings. The smallest absolute Gasteiger partial charge is 0.252 e. The molecule has 0 aliphatic carbocycles. The SMILES string of the molecule is CN(Cc1nccc(N)n1)C1CCCN(C(=O)C2=COCCC2)CC1. The molecule has 1 amide bonds. The average molecular weight is 345 g/mol. The van der Waals surface area contributed by atoms with Crippen molar-refractivity contribution in [2.45, 2.75) is 44.7 Å². The zero-order valence-electron chi connectivity index (χ0n) is 14.9. The molecule has 136 valence electrons. The minimum absolute atomic E-state index is 0.141. The van der Waals surface area contributed by atoms with E-state index in [1.807, 2.05) is 4.90 Å². The highest BCUT2D eigenvalue weighted by molar-refractivity contribution is 5.93. The Bertz CT molecular complexity index is 634. The van der Waals surface area contributed by atoms with Gasteiger partial charge in [0, 0.05) is 25.3 Å². The monoisotopic (exact) mass is 345 g/mol. The van der Waals surface area contributed by atoms with Crippen LogP contribution in [0.4, 0.5) is 5.82 Å². The summed E-state index contributed by atoms with van der Waals surface area (Å²) in [7, 11) is 2.09. The number of amides is 1. The first-order valence-electron chi connectivity index (χ1n) is 9.01. The van der Waals surface area contributed by atoms with Crippen LogP contribution in [0.25, 0.3) is 0 Å². The molecule has 2 N–H and O–H groups in total. The number of likely N-dealkylation sites (tertiary alicyclic amines) is 1. The molecule has 1 fully saturated rings. The lowest BCUT2D eigenvalue weighted by Gasteiger charge is -2.27. The van der Waals surface area contributed by atoms with Gasteiger partial charge in [-0.15, -0.1) is 0 Å². The first-order chi connectivity index (χ1) is 12.1. The van der Waals surface area contributed by atoms with Gasteiger partial charge in [0.05, 0.1) is 25.0 Å². The number of carbonyl (C=O) groups excluding carboxylic acids is 1. The van der Waals surface area contributed by atoms with Crippen LogP contribution in [-0.2, 0) is 16.1 Å². The third-order valence-electron chi connectivity index (χ3n) is 4.93. The molecule has 0 bridgehead atoms. The van der Waals surface area contributed by atoms with Gasteiger partial charge < -0.3 is 15.4 Å². The second-order valence-electron chi connectivity index (χ2n) is 6.81. The topological polar surface area (TPSA) is 84.6 Å². The van der Waals surface area contributed by atoms with E-state index in [2.05, 4.69) is 21.9 Å². The summed E-state index contributed by atoms with van der Waals surface area (Å²) >= 11 is 0. The lowest BCUT2D eigenvalue weighted by atomic mass is 10.1. The fraction of sp³-hybridized carbons (Fsp3) is 0.611. The molecule has 1 aromatic heterocycles. The lowest BCUT2D eigenvalue weighted by molar-refractivity contribution is -0.127. The van der Waals surface area contributed by atoms with Gasteiger partial charge in [0.15, 0.2) is 0 Å². The molecular formula is C18H27N5O2. The van der Waals surface area contributed by atoms with Crippen molar-refractivity contribution < 1.29 is 9.53 Å². The molecule has 1 saturated heterocycles. The molecular weight excluding hydrogens is 318 g/mol. The Morgan fingerprint density at radius 2 is 2.28 bits per heavy atom. The Morgan fingerprint density at radius 1 is 1.40 bits per heavy atom. The minimum atomic E-state index is 0.141. The van der Waals surface area contributed by atoms with Crippen molar-refractivity contribution in [2.24, 2.45) is 0 Å². The van der Waals surface area contributed by atoms with Gasteiger partial charge in [0.25, 0.3) is 5.91 Å². The predicted molar refractivity (Wildman–Crippen MR) is 95.4 cm³/mol. The number of carbonyl (C=O) groups is 1. The van der Waals surface area contributed by atoms with Crippen LogP contribution in [0.5, 0.6) is 0 Å². The molecule has 2 aliphatic heterocycles. The number of nitrogen functional groups attached to an aromatic ring is 1. The van der Waals surface area contributed by atoms with Gasteiger partial charge >= 0.3 is 0 Å². The predicted octanol–water partition coefficient (Wildman–Crippen LogP) is 1.57. The molecule has 0 saturated carbocycles. The highest BCUT2D eigenvalue weighted by atomic mass is 16.5. The van der Waals surface area contributed by atoms with E-state index in [0.29, 0.717) is 18.4 Å². The molecule has 25 heavy (non-hydrogen) atoms. The van der Waals surface area contributed by atoms with Crippen molar-refractivity contribution in [2.75, 3.05) is 32.5 Å². The average Bonchev–Trinajstić information content (AvgIpc) is 2.88. The maximum Gasteiger partial charge on any atom is 0.252 e.